The minimum absolute atomic E-state index is 0.139. The standard InChI is InChI=1S/C16H11ClF2N2.C13H19N3O/c1-8-3-10(7-20-6-8)16-9(2)15(17)14-12(19)4-11(18)5-13(14)21-16;1-13(2)9-15-11-7-10(8-14-12(11)13)16-3-5-17-6-4-16/h3-7H,1-2H3;7-8,15H,3-6,9H2,1-2H3. The number of fused-ring (bicyclic) bond motifs is 2. The lowest BCUT2D eigenvalue weighted by molar-refractivity contribution is 0.122. The number of hydrogen-bond acceptors (Lipinski definition) is 6. The summed E-state index contributed by atoms with van der Waals surface area (Å²) in [7, 11) is 0. The van der Waals surface area contributed by atoms with E-state index in [1.165, 1.54) is 23.1 Å². The minimum Gasteiger partial charge on any atom is -0.383 e. The lowest BCUT2D eigenvalue weighted by Crippen LogP contribution is -2.36. The fourth-order valence-electron chi connectivity index (χ4n) is 4.85. The first kappa shape index (κ1) is 26.3. The number of nitrogens with one attached hydrogen (secondary N) is 1. The van der Waals surface area contributed by atoms with E-state index in [2.05, 4.69) is 45.1 Å². The topological polar surface area (TPSA) is 63.2 Å². The van der Waals surface area contributed by atoms with Crippen molar-refractivity contribution in [1.82, 2.24) is 15.0 Å². The van der Waals surface area contributed by atoms with Gasteiger partial charge in [0, 0.05) is 55.1 Å². The van der Waals surface area contributed by atoms with E-state index in [9.17, 15) is 8.78 Å². The SMILES string of the molecule is CC1(C)CNc2cc(N3CCOCC3)cnc21.Cc1cncc(-c2nc3cc(F)cc(F)c3c(Cl)c2C)c1. The molecule has 1 N–H and O–H groups in total. The molecule has 0 saturated carbocycles. The van der Waals surface area contributed by atoms with Crippen molar-refractivity contribution in [3.8, 4) is 11.3 Å². The second kappa shape index (κ2) is 10.4. The molecule has 0 atom stereocenters. The lowest BCUT2D eigenvalue weighted by atomic mass is 9.91. The average molecular weight is 538 g/mol. The Balaban J connectivity index is 0.000000158. The minimum atomic E-state index is -0.709. The van der Waals surface area contributed by atoms with Crippen molar-refractivity contribution in [2.45, 2.75) is 33.1 Å². The van der Waals surface area contributed by atoms with Crippen LogP contribution in [0.4, 0.5) is 20.2 Å². The highest BCUT2D eigenvalue weighted by atomic mass is 35.5. The average Bonchev–Trinajstić information content (AvgIpc) is 3.20. The molecule has 0 bridgehead atoms. The second-order valence-electron chi connectivity index (χ2n) is 10.4. The van der Waals surface area contributed by atoms with Gasteiger partial charge in [-0.2, -0.15) is 0 Å². The summed E-state index contributed by atoms with van der Waals surface area (Å²) in [5, 5.41) is 3.83. The number of rotatable bonds is 2. The molecule has 0 radical (unpaired) electrons. The summed E-state index contributed by atoms with van der Waals surface area (Å²) < 4.78 is 32.7. The monoisotopic (exact) mass is 537 g/mol. The van der Waals surface area contributed by atoms with Gasteiger partial charge in [-0.15, -0.1) is 0 Å². The Morgan fingerprint density at radius 3 is 2.53 bits per heavy atom. The number of anilines is 2. The number of aromatic nitrogens is 3. The van der Waals surface area contributed by atoms with Gasteiger partial charge >= 0.3 is 0 Å². The number of aryl methyl sites for hydroxylation is 1. The molecule has 3 aromatic heterocycles. The number of morpholine rings is 1. The maximum Gasteiger partial charge on any atom is 0.137 e. The third-order valence-electron chi connectivity index (χ3n) is 6.93. The van der Waals surface area contributed by atoms with Crippen LogP contribution in [0.5, 0.6) is 0 Å². The molecule has 38 heavy (non-hydrogen) atoms. The van der Waals surface area contributed by atoms with Crippen LogP contribution >= 0.6 is 11.6 Å². The summed E-state index contributed by atoms with van der Waals surface area (Å²) in [5.74, 6) is -1.39. The highest BCUT2D eigenvalue weighted by Crippen LogP contribution is 2.37. The van der Waals surface area contributed by atoms with Gasteiger partial charge in [-0.25, -0.2) is 13.8 Å². The number of benzene rings is 1. The van der Waals surface area contributed by atoms with E-state index in [1.54, 1.807) is 19.3 Å². The number of pyridine rings is 3. The van der Waals surface area contributed by atoms with Gasteiger partial charge in [0.1, 0.15) is 11.6 Å². The molecule has 0 spiro atoms. The van der Waals surface area contributed by atoms with Gasteiger partial charge in [0.15, 0.2) is 0 Å². The molecular formula is C29H30ClF2N5O. The first-order valence-electron chi connectivity index (χ1n) is 12.6. The van der Waals surface area contributed by atoms with Gasteiger partial charge in [-0.3, -0.25) is 9.97 Å². The molecule has 0 unspecified atom stereocenters. The van der Waals surface area contributed by atoms with Gasteiger partial charge in [-0.1, -0.05) is 25.4 Å². The van der Waals surface area contributed by atoms with Crippen molar-refractivity contribution in [2.24, 2.45) is 0 Å². The van der Waals surface area contributed by atoms with E-state index in [0.717, 1.165) is 50.0 Å². The van der Waals surface area contributed by atoms with E-state index in [1.807, 2.05) is 19.2 Å². The Labute approximate surface area is 226 Å². The summed E-state index contributed by atoms with van der Waals surface area (Å²) in [6.45, 7) is 12.7. The smallest absolute Gasteiger partial charge is 0.137 e. The molecule has 5 heterocycles. The van der Waals surface area contributed by atoms with Gasteiger partial charge in [-0.05, 0) is 37.1 Å². The highest BCUT2D eigenvalue weighted by Gasteiger charge is 2.31. The van der Waals surface area contributed by atoms with Crippen LogP contribution in [-0.2, 0) is 10.2 Å². The maximum absolute atomic E-state index is 13.9. The van der Waals surface area contributed by atoms with Crippen molar-refractivity contribution in [3.05, 3.63) is 76.3 Å². The van der Waals surface area contributed by atoms with Crippen molar-refractivity contribution < 1.29 is 13.5 Å². The van der Waals surface area contributed by atoms with Gasteiger partial charge in [0.25, 0.3) is 0 Å². The van der Waals surface area contributed by atoms with Crippen LogP contribution in [-0.4, -0.2) is 47.8 Å². The third-order valence-corrected chi connectivity index (χ3v) is 7.40. The number of ether oxygens (including phenoxy) is 1. The predicted octanol–water partition coefficient (Wildman–Crippen LogP) is 6.47. The first-order chi connectivity index (χ1) is 18.1. The zero-order chi connectivity index (χ0) is 27.0. The molecule has 6 rings (SSSR count). The van der Waals surface area contributed by atoms with E-state index < -0.39 is 11.6 Å². The van der Waals surface area contributed by atoms with Crippen molar-refractivity contribution in [2.75, 3.05) is 43.1 Å². The Kier molecular flexibility index (Phi) is 7.20. The Morgan fingerprint density at radius 2 is 1.79 bits per heavy atom. The predicted molar refractivity (Wildman–Crippen MR) is 148 cm³/mol. The molecule has 0 amide bonds. The molecule has 198 valence electrons. The fraction of sp³-hybridized carbons (Fsp3) is 0.345. The Hall–Kier alpha value is -3.36. The van der Waals surface area contributed by atoms with Gasteiger partial charge in [0.2, 0.25) is 0 Å². The lowest BCUT2D eigenvalue weighted by Gasteiger charge is -2.29. The number of nitrogens with zero attached hydrogens (tertiary/aromatic N) is 4. The maximum atomic E-state index is 13.9. The fourth-order valence-corrected chi connectivity index (χ4v) is 5.13. The van der Waals surface area contributed by atoms with E-state index in [-0.39, 0.29) is 21.3 Å². The third kappa shape index (κ3) is 5.15. The van der Waals surface area contributed by atoms with Crippen molar-refractivity contribution in [3.63, 3.8) is 0 Å². The number of hydrogen-bond donors (Lipinski definition) is 1. The Bertz CT molecular complexity index is 1500. The van der Waals surface area contributed by atoms with Gasteiger partial charge in [0.05, 0.1) is 58.1 Å². The van der Waals surface area contributed by atoms with Crippen molar-refractivity contribution >= 4 is 33.9 Å². The molecule has 6 nitrogen and oxygen atoms in total. The molecule has 4 aromatic rings. The molecule has 1 fully saturated rings. The van der Waals surface area contributed by atoms with Crippen LogP contribution in [0.1, 0.15) is 30.7 Å². The van der Waals surface area contributed by atoms with Crippen LogP contribution < -0.4 is 10.2 Å². The normalized spacial score (nSPS) is 16.0. The summed E-state index contributed by atoms with van der Waals surface area (Å²) in [6.07, 6.45) is 5.37. The summed E-state index contributed by atoms with van der Waals surface area (Å²) in [5.41, 5.74) is 6.89. The highest BCUT2D eigenvalue weighted by molar-refractivity contribution is 6.36. The van der Waals surface area contributed by atoms with E-state index >= 15 is 0 Å². The second-order valence-corrected chi connectivity index (χ2v) is 10.7. The molecule has 2 aliphatic rings. The van der Waals surface area contributed by atoms with Crippen molar-refractivity contribution in [1.29, 1.82) is 0 Å². The first-order valence-corrected chi connectivity index (χ1v) is 13.0. The summed E-state index contributed by atoms with van der Waals surface area (Å²) in [4.78, 5) is 15.5. The van der Waals surface area contributed by atoms with Crippen LogP contribution in [0, 0.1) is 25.5 Å². The van der Waals surface area contributed by atoms with Crippen LogP contribution in [0.25, 0.3) is 22.2 Å². The zero-order valence-corrected chi connectivity index (χ0v) is 22.7. The van der Waals surface area contributed by atoms with E-state index in [4.69, 9.17) is 16.3 Å². The summed E-state index contributed by atoms with van der Waals surface area (Å²) in [6, 6.07) is 6.11. The Morgan fingerprint density at radius 1 is 1.03 bits per heavy atom. The van der Waals surface area contributed by atoms with Crippen LogP contribution in [0.3, 0.4) is 0 Å². The molecule has 2 aliphatic heterocycles. The van der Waals surface area contributed by atoms with Crippen LogP contribution in [0.15, 0.2) is 42.9 Å². The molecule has 1 aromatic carbocycles. The molecule has 9 heteroatoms. The molecule has 1 saturated heterocycles. The largest absolute Gasteiger partial charge is 0.383 e. The molecule has 0 aliphatic carbocycles. The number of halogens is 3. The van der Waals surface area contributed by atoms with E-state index in [0.29, 0.717) is 11.3 Å². The zero-order valence-electron chi connectivity index (χ0n) is 21.9. The summed E-state index contributed by atoms with van der Waals surface area (Å²) >= 11 is 6.26. The molecular weight excluding hydrogens is 508 g/mol. The quantitative estimate of drug-likeness (QED) is 0.316. The van der Waals surface area contributed by atoms with Crippen LogP contribution in [0.2, 0.25) is 5.02 Å². The van der Waals surface area contributed by atoms with Gasteiger partial charge < -0.3 is 15.0 Å².